The van der Waals surface area contributed by atoms with E-state index in [2.05, 4.69) is 14.2 Å². The maximum absolute atomic E-state index is 11.8. The molecule has 0 fully saturated rings. The molecular formula is C11H21NO6S. The molecule has 0 aliphatic heterocycles. The molecule has 1 N–H and O–H groups in total. The molecule has 0 spiro atoms. The molecule has 0 heterocycles. The first-order valence-corrected chi connectivity index (χ1v) is 7.53. The highest BCUT2D eigenvalue weighted by molar-refractivity contribution is 7.89. The van der Waals surface area contributed by atoms with Crippen LogP contribution in [0.3, 0.4) is 0 Å². The molecule has 0 amide bonds. The van der Waals surface area contributed by atoms with E-state index in [4.69, 9.17) is 0 Å². The van der Waals surface area contributed by atoms with Crippen molar-refractivity contribution in [1.82, 2.24) is 4.72 Å². The van der Waals surface area contributed by atoms with E-state index < -0.39 is 28.0 Å². The number of carbonyl (C=O) groups is 2. The third-order valence-electron chi connectivity index (χ3n) is 2.45. The quantitative estimate of drug-likeness (QED) is 0.636. The van der Waals surface area contributed by atoms with E-state index in [1.165, 1.54) is 14.2 Å². The van der Waals surface area contributed by atoms with Gasteiger partial charge >= 0.3 is 11.9 Å². The SMILES string of the molecule is COC(=O)CCCS(=O)(=O)NC(C(=O)OC)C(C)C. The summed E-state index contributed by atoms with van der Waals surface area (Å²) in [4.78, 5) is 22.3. The van der Waals surface area contributed by atoms with E-state index in [1.807, 2.05) is 0 Å². The van der Waals surface area contributed by atoms with Crippen LogP contribution in [0, 0.1) is 5.92 Å². The van der Waals surface area contributed by atoms with Crippen molar-refractivity contribution < 1.29 is 27.5 Å². The van der Waals surface area contributed by atoms with Gasteiger partial charge < -0.3 is 9.47 Å². The van der Waals surface area contributed by atoms with Crippen molar-refractivity contribution in [2.75, 3.05) is 20.0 Å². The van der Waals surface area contributed by atoms with Crippen molar-refractivity contribution in [3.05, 3.63) is 0 Å². The molecule has 1 atom stereocenters. The van der Waals surface area contributed by atoms with Crippen LogP contribution >= 0.6 is 0 Å². The Morgan fingerprint density at radius 2 is 1.74 bits per heavy atom. The van der Waals surface area contributed by atoms with Crippen LogP contribution in [0.2, 0.25) is 0 Å². The van der Waals surface area contributed by atoms with Gasteiger partial charge in [-0.25, -0.2) is 13.1 Å². The van der Waals surface area contributed by atoms with Crippen LogP contribution < -0.4 is 4.72 Å². The number of rotatable bonds is 8. The molecular weight excluding hydrogens is 274 g/mol. The Bertz CT molecular complexity index is 403. The summed E-state index contributed by atoms with van der Waals surface area (Å²) < 4.78 is 34.8. The molecule has 0 aliphatic rings. The number of ether oxygens (including phenoxy) is 2. The van der Waals surface area contributed by atoms with Gasteiger partial charge in [0.2, 0.25) is 10.0 Å². The summed E-state index contributed by atoms with van der Waals surface area (Å²) >= 11 is 0. The van der Waals surface area contributed by atoms with E-state index in [0.29, 0.717) is 0 Å². The zero-order chi connectivity index (χ0) is 15.1. The molecule has 0 aromatic rings. The summed E-state index contributed by atoms with van der Waals surface area (Å²) in [6.45, 7) is 3.41. The van der Waals surface area contributed by atoms with Gasteiger partial charge in [0.15, 0.2) is 0 Å². The molecule has 0 rings (SSSR count). The maximum atomic E-state index is 11.8. The Kier molecular flexibility index (Phi) is 7.62. The standard InChI is InChI=1S/C11H21NO6S/c1-8(2)10(11(14)18-4)12-19(15,16)7-5-6-9(13)17-3/h8,10,12H,5-7H2,1-4H3. The van der Waals surface area contributed by atoms with Gasteiger partial charge in [-0.05, 0) is 12.3 Å². The van der Waals surface area contributed by atoms with Gasteiger partial charge in [-0.1, -0.05) is 13.8 Å². The number of methoxy groups -OCH3 is 2. The van der Waals surface area contributed by atoms with Crippen molar-refractivity contribution >= 4 is 22.0 Å². The first-order valence-electron chi connectivity index (χ1n) is 5.88. The van der Waals surface area contributed by atoms with Crippen LogP contribution in [-0.4, -0.2) is 46.4 Å². The normalized spacial score (nSPS) is 13.1. The maximum Gasteiger partial charge on any atom is 0.324 e. The number of nitrogens with one attached hydrogen (secondary N) is 1. The second kappa shape index (κ2) is 8.11. The summed E-state index contributed by atoms with van der Waals surface area (Å²) in [6.07, 6.45) is 0.149. The Morgan fingerprint density at radius 1 is 1.16 bits per heavy atom. The molecule has 0 aromatic carbocycles. The molecule has 8 heteroatoms. The second-order valence-electron chi connectivity index (χ2n) is 4.36. The predicted octanol–water partition coefficient (Wildman–Crippen LogP) is 0.0566. The lowest BCUT2D eigenvalue weighted by Crippen LogP contribution is -2.45. The van der Waals surface area contributed by atoms with Crippen molar-refractivity contribution in [1.29, 1.82) is 0 Å². The minimum Gasteiger partial charge on any atom is -0.469 e. The number of esters is 2. The Balaban J connectivity index is 4.48. The van der Waals surface area contributed by atoms with E-state index in [-0.39, 0.29) is 24.5 Å². The van der Waals surface area contributed by atoms with Crippen LogP contribution in [0.5, 0.6) is 0 Å². The largest absolute Gasteiger partial charge is 0.469 e. The lowest BCUT2D eigenvalue weighted by Gasteiger charge is -2.19. The van der Waals surface area contributed by atoms with Crippen molar-refractivity contribution in [2.24, 2.45) is 5.92 Å². The third kappa shape index (κ3) is 7.12. The van der Waals surface area contributed by atoms with Gasteiger partial charge in [0, 0.05) is 6.42 Å². The van der Waals surface area contributed by atoms with Crippen LogP contribution in [0.25, 0.3) is 0 Å². The lowest BCUT2D eigenvalue weighted by molar-refractivity contribution is -0.144. The highest BCUT2D eigenvalue weighted by Gasteiger charge is 2.27. The first-order chi connectivity index (χ1) is 8.73. The third-order valence-corrected chi connectivity index (χ3v) is 3.89. The Labute approximate surface area is 113 Å². The highest BCUT2D eigenvalue weighted by atomic mass is 32.2. The molecule has 0 saturated heterocycles. The predicted molar refractivity (Wildman–Crippen MR) is 68.8 cm³/mol. The molecule has 112 valence electrons. The van der Waals surface area contributed by atoms with Crippen molar-refractivity contribution in [2.45, 2.75) is 32.7 Å². The van der Waals surface area contributed by atoms with Crippen LogP contribution in [0.1, 0.15) is 26.7 Å². The molecule has 0 bridgehead atoms. The van der Waals surface area contributed by atoms with Gasteiger partial charge in [0.05, 0.1) is 20.0 Å². The average molecular weight is 295 g/mol. The second-order valence-corrected chi connectivity index (χ2v) is 6.23. The van der Waals surface area contributed by atoms with Gasteiger partial charge in [0.25, 0.3) is 0 Å². The zero-order valence-corrected chi connectivity index (χ0v) is 12.5. The summed E-state index contributed by atoms with van der Waals surface area (Å²) in [7, 11) is -1.21. The fourth-order valence-electron chi connectivity index (χ4n) is 1.34. The van der Waals surface area contributed by atoms with Gasteiger partial charge in [-0.15, -0.1) is 0 Å². The molecule has 0 aromatic heterocycles. The molecule has 1 unspecified atom stereocenters. The van der Waals surface area contributed by atoms with Crippen LogP contribution in [0.4, 0.5) is 0 Å². The Hall–Kier alpha value is -1.15. The van der Waals surface area contributed by atoms with Crippen LogP contribution in [-0.2, 0) is 29.1 Å². The minimum absolute atomic E-state index is 0.0159. The van der Waals surface area contributed by atoms with Gasteiger partial charge in [-0.3, -0.25) is 9.59 Å². The van der Waals surface area contributed by atoms with Gasteiger partial charge in [-0.2, -0.15) is 0 Å². The van der Waals surface area contributed by atoms with E-state index in [9.17, 15) is 18.0 Å². The number of hydrogen-bond donors (Lipinski definition) is 1. The zero-order valence-electron chi connectivity index (χ0n) is 11.6. The summed E-state index contributed by atoms with van der Waals surface area (Å²) in [5.41, 5.74) is 0. The lowest BCUT2D eigenvalue weighted by atomic mass is 10.1. The molecule has 0 saturated carbocycles. The smallest absolute Gasteiger partial charge is 0.324 e. The minimum atomic E-state index is -3.64. The fourth-order valence-corrected chi connectivity index (χ4v) is 2.74. The highest BCUT2D eigenvalue weighted by Crippen LogP contribution is 2.06. The molecule has 0 aliphatic carbocycles. The summed E-state index contributed by atoms with van der Waals surface area (Å²) in [5, 5.41) is 0. The number of sulfonamides is 1. The number of carbonyl (C=O) groups excluding carboxylic acids is 2. The number of hydrogen-bond acceptors (Lipinski definition) is 6. The van der Waals surface area contributed by atoms with Crippen molar-refractivity contribution in [3.8, 4) is 0 Å². The van der Waals surface area contributed by atoms with E-state index in [0.717, 1.165) is 0 Å². The fraction of sp³-hybridized carbons (Fsp3) is 0.818. The first kappa shape index (κ1) is 17.8. The Morgan fingerprint density at radius 3 is 2.16 bits per heavy atom. The van der Waals surface area contributed by atoms with E-state index >= 15 is 0 Å². The summed E-state index contributed by atoms with van der Waals surface area (Å²) in [6, 6.07) is -0.923. The summed E-state index contributed by atoms with van der Waals surface area (Å²) in [5.74, 6) is -1.58. The average Bonchev–Trinajstić information content (AvgIpc) is 2.34. The van der Waals surface area contributed by atoms with E-state index in [1.54, 1.807) is 13.8 Å². The van der Waals surface area contributed by atoms with Gasteiger partial charge in [0.1, 0.15) is 6.04 Å². The van der Waals surface area contributed by atoms with Crippen LogP contribution in [0.15, 0.2) is 0 Å². The monoisotopic (exact) mass is 295 g/mol. The molecule has 19 heavy (non-hydrogen) atoms. The molecule has 7 nitrogen and oxygen atoms in total. The molecule has 0 radical (unpaired) electrons. The topological polar surface area (TPSA) is 98.8 Å². The van der Waals surface area contributed by atoms with Crippen molar-refractivity contribution in [3.63, 3.8) is 0 Å².